The lowest BCUT2D eigenvalue weighted by Gasteiger charge is -2.44. The highest BCUT2D eigenvalue weighted by Gasteiger charge is 2.46. The van der Waals surface area contributed by atoms with Gasteiger partial charge in [0.1, 0.15) is 6.04 Å². The Hall–Kier alpha value is -1.14. The summed E-state index contributed by atoms with van der Waals surface area (Å²) >= 11 is 0. The summed E-state index contributed by atoms with van der Waals surface area (Å²) in [6, 6.07) is -0.508. The van der Waals surface area contributed by atoms with Crippen LogP contribution in [0.25, 0.3) is 0 Å². The molecule has 2 amide bonds. The number of hydrogen-bond acceptors (Lipinski definition) is 4. The highest BCUT2D eigenvalue weighted by Crippen LogP contribution is 2.32. The molecule has 1 unspecified atom stereocenters. The molecule has 1 saturated carbocycles. The standard InChI is InChI=1S/C13H23N3O3/c1-9(2)15-11(17)10-8-19-7-6-16(10)12(18)13(14)4-3-5-13/h9-10H,3-8,14H2,1-2H3,(H,15,17). The molecule has 0 radical (unpaired) electrons. The van der Waals surface area contributed by atoms with Crippen LogP contribution in [0.2, 0.25) is 0 Å². The van der Waals surface area contributed by atoms with Gasteiger partial charge in [-0.2, -0.15) is 0 Å². The molecule has 0 aromatic carbocycles. The fraction of sp³-hybridized carbons (Fsp3) is 0.846. The first-order valence-electron chi connectivity index (χ1n) is 6.92. The number of morpholine rings is 1. The van der Waals surface area contributed by atoms with Crippen molar-refractivity contribution in [1.29, 1.82) is 0 Å². The van der Waals surface area contributed by atoms with Crippen LogP contribution in [0.15, 0.2) is 0 Å². The van der Waals surface area contributed by atoms with E-state index in [0.717, 1.165) is 6.42 Å². The van der Waals surface area contributed by atoms with E-state index in [4.69, 9.17) is 10.5 Å². The van der Waals surface area contributed by atoms with Gasteiger partial charge in [0.15, 0.2) is 0 Å². The van der Waals surface area contributed by atoms with Crippen molar-refractivity contribution in [2.45, 2.75) is 50.7 Å². The van der Waals surface area contributed by atoms with Gasteiger partial charge in [0.2, 0.25) is 11.8 Å². The van der Waals surface area contributed by atoms with Crippen molar-refractivity contribution < 1.29 is 14.3 Å². The quantitative estimate of drug-likeness (QED) is 0.731. The Bertz CT molecular complexity index is 366. The molecule has 1 aliphatic heterocycles. The molecule has 2 fully saturated rings. The Morgan fingerprint density at radius 3 is 2.63 bits per heavy atom. The molecule has 1 heterocycles. The van der Waals surface area contributed by atoms with Gasteiger partial charge < -0.3 is 20.7 Å². The van der Waals surface area contributed by atoms with Crippen LogP contribution in [-0.4, -0.2) is 54.1 Å². The smallest absolute Gasteiger partial charge is 0.245 e. The minimum atomic E-state index is -0.756. The van der Waals surface area contributed by atoms with E-state index in [1.54, 1.807) is 4.90 Å². The zero-order valence-corrected chi connectivity index (χ0v) is 11.6. The normalized spacial score (nSPS) is 25.9. The molecule has 1 aliphatic carbocycles. The molecule has 3 N–H and O–H groups in total. The fourth-order valence-electron chi connectivity index (χ4n) is 2.50. The molecule has 0 aromatic rings. The number of hydrogen-bond donors (Lipinski definition) is 2. The maximum Gasteiger partial charge on any atom is 0.245 e. The minimum Gasteiger partial charge on any atom is -0.377 e. The average Bonchev–Trinajstić information content (AvgIpc) is 2.34. The van der Waals surface area contributed by atoms with Crippen molar-refractivity contribution in [3.63, 3.8) is 0 Å². The van der Waals surface area contributed by atoms with Gasteiger partial charge in [-0.25, -0.2) is 0 Å². The van der Waals surface area contributed by atoms with Crippen LogP contribution in [0.4, 0.5) is 0 Å². The van der Waals surface area contributed by atoms with E-state index >= 15 is 0 Å². The van der Waals surface area contributed by atoms with E-state index in [0.29, 0.717) is 26.0 Å². The lowest BCUT2D eigenvalue weighted by Crippen LogP contribution is -2.66. The maximum atomic E-state index is 12.5. The number of rotatable bonds is 3. The predicted molar refractivity (Wildman–Crippen MR) is 70.4 cm³/mol. The Morgan fingerprint density at radius 1 is 1.42 bits per heavy atom. The van der Waals surface area contributed by atoms with Crippen LogP contribution in [0, 0.1) is 0 Å². The van der Waals surface area contributed by atoms with Crippen molar-refractivity contribution in [3.05, 3.63) is 0 Å². The first kappa shape index (κ1) is 14.3. The fourth-order valence-corrected chi connectivity index (χ4v) is 2.50. The monoisotopic (exact) mass is 269 g/mol. The number of nitrogens with two attached hydrogens (primary N) is 1. The van der Waals surface area contributed by atoms with Gasteiger partial charge in [0.25, 0.3) is 0 Å². The van der Waals surface area contributed by atoms with Crippen LogP contribution in [-0.2, 0) is 14.3 Å². The van der Waals surface area contributed by atoms with E-state index in [1.807, 2.05) is 13.8 Å². The number of carbonyl (C=O) groups is 2. The van der Waals surface area contributed by atoms with Gasteiger partial charge in [-0.1, -0.05) is 0 Å². The summed E-state index contributed by atoms with van der Waals surface area (Å²) in [7, 11) is 0. The molecular formula is C13H23N3O3. The van der Waals surface area contributed by atoms with Gasteiger partial charge in [0.05, 0.1) is 18.8 Å². The molecule has 2 rings (SSSR count). The molecule has 0 bridgehead atoms. The summed E-state index contributed by atoms with van der Waals surface area (Å²) in [5.74, 6) is -0.267. The number of ether oxygens (including phenoxy) is 1. The summed E-state index contributed by atoms with van der Waals surface area (Å²) in [6.07, 6.45) is 2.40. The van der Waals surface area contributed by atoms with E-state index in [-0.39, 0.29) is 24.5 Å². The van der Waals surface area contributed by atoms with E-state index in [2.05, 4.69) is 5.32 Å². The molecule has 6 heteroatoms. The largest absolute Gasteiger partial charge is 0.377 e. The molecule has 19 heavy (non-hydrogen) atoms. The van der Waals surface area contributed by atoms with Gasteiger partial charge in [-0.15, -0.1) is 0 Å². The second-order valence-electron chi connectivity index (χ2n) is 5.76. The maximum absolute atomic E-state index is 12.5. The highest BCUT2D eigenvalue weighted by atomic mass is 16.5. The highest BCUT2D eigenvalue weighted by molar-refractivity contribution is 5.93. The van der Waals surface area contributed by atoms with Gasteiger partial charge in [-0.3, -0.25) is 9.59 Å². The Balaban J connectivity index is 2.07. The number of amides is 2. The lowest BCUT2D eigenvalue weighted by molar-refractivity contribution is -0.155. The van der Waals surface area contributed by atoms with Crippen LogP contribution in [0.1, 0.15) is 33.1 Å². The van der Waals surface area contributed by atoms with Gasteiger partial charge in [-0.05, 0) is 33.1 Å². The van der Waals surface area contributed by atoms with Crippen LogP contribution in [0.5, 0.6) is 0 Å². The SMILES string of the molecule is CC(C)NC(=O)C1COCCN1C(=O)C1(N)CCC1. The van der Waals surface area contributed by atoms with Crippen molar-refractivity contribution in [3.8, 4) is 0 Å². The summed E-state index contributed by atoms with van der Waals surface area (Å²) in [4.78, 5) is 26.2. The third-order valence-corrected chi connectivity index (χ3v) is 3.79. The molecule has 0 spiro atoms. The predicted octanol–water partition coefficient (Wildman–Crippen LogP) is -0.380. The molecule has 1 saturated heterocycles. The minimum absolute atomic E-state index is 0.0434. The number of carbonyl (C=O) groups excluding carboxylic acids is 2. The lowest BCUT2D eigenvalue weighted by atomic mass is 9.76. The van der Waals surface area contributed by atoms with Gasteiger partial charge in [0, 0.05) is 12.6 Å². The zero-order valence-electron chi connectivity index (χ0n) is 11.6. The summed E-state index contributed by atoms with van der Waals surface area (Å²) in [6.45, 7) is 4.94. The van der Waals surface area contributed by atoms with Crippen molar-refractivity contribution in [2.75, 3.05) is 19.8 Å². The first-order chi connectivity index (χ1) is 8.94. The van der Waals surface area contributed by atoms with Crippen molar-refractivity contribution in [1.82, 2.24) is 10.2 Å². The Morgan fingerprint density at radius 2 is 2.11 bits per heavy atom. The van der Waals surface area contributed by atoms with E-state index in [1.165, 1.54) is 0 Å². The molecule has 0 aromatic heterocycles. The number of nitrogens with zero attached hydrogens (tertiary/aromatic N) is 1. The van der Waals surface area contributed by atoms with Crippen molar-refractivity contribution in [2.24, 2.45) is 5.73 Å². The van der Waals surface area contributed by atoms with E-state index in [9.17, 15) is 9.59 Å². The van der Waals surface area contributed by atoms with Crippen molar-refractivity contribution >= 4 is 11.8 Å². The van der Waals surface area contributed by atoms with E-state index < -0.39 is 11.6 Å². The number of nitrogens with one attached hydrogen (secondary N) is 1. The topological polar surface area (TPSA) is 84.7 Å². The molecule has 1 atom stereocenters. The Kier molecular flexibility index (Phi) is 4.10. The summed E-state index contributed by atoms with van der Waals surface area (Å²) in [5.41, 5.74) is 5.32. The molecular weight excluding hydrogens is 246 g/mol. The molecule has 6 nitrogen and oxygen atoms in total. The average molecular weight is 269 g/mol. The Labute approximate surface area is 113 Å². The molecule has 2 aliphatic rings. The molecule has 108 valence electrons. The van der Waals surface area contributed by atoms with Crippen LogP contribution < -0.4 is 11.1 Å². The second kappa shape index (κ2) is 5.46. The first-order valence-corrected chi connectivity index (χ1v) is 6.92. The third-order valence-electron chi connectivity index (χ3n) is 3.79. The third kappa shape index (κ3) is 2.90. The zero-order chi connectivity index (χ0) is 14.0. The summed E-state index contributed by atoms with van der Waals surface area (Å²) in [5, 5.41) is 2.83. The second-order valence-corrected chi connectivity index (χ2v) is 5.76. The van der Waals surface area contributed by atoms with Crippen LogP contribution in [0.3, 0.4) is 0 Å². The summed E-state index contributed by atoms with van der Waals surface area (Å²) < 4.78 is 5.33. The van der Waals surface area contributed by atoms with Gasteiger partial charge >= 0.3 is 0 Å². The van der Waals surface area contributed by atoms with Crippen LogP contribution >= 0.6 is 0 Å².